The lowest BCUT2D eigenvalue weighted by Crippen LogP contribution is -2.42. The van der Waals surface area contributed by atoms with Crippen molar-refractivity contribution in [2.24, 2.45) is 0 Å². The van der Waals surface area contributed by atoms with E-state index >= 15 is 0 Å². The van der Waals surface area contributed by atoms with Crippen LogP contribution in [0.15, 0.2) is 36.4 Å². The van der Waals surface area contributed by atoms with Gasteiger partial charge in [-0.2, -0.15) is 0 Å². The van der Waals surface area contributed by atoms with E-state index in [4.69, 9.17) is 25.8 Å². The second-order valence-electron chi connectivity index (χ2n) is 6.89. The first kappa shape index (κ1) is 22.9. The van der Waals surface area contributed by atoms with Crippen LogP contribution in [-0.2, 0) is 11.2 Å². The van der Waals surface area contributed by atoms with E-state index in [1.165, 1.54) is 6.07 Å². The molecule has 10 heteroatoms. The van der Waals surface area contributed by atoms with Crippen molar-refractivity contribution in [3.05, 3.63) is 47.0 Å². The zero-order valence-electron chi connectivity index (χ0n) is 16.5. The number of ether oxygens (including phenoxy) is 4. The number of fused-ring (bicyclic) bond motifs is 1. The monoisotopic (exact) mass is 460 g/mol. The Labute approximate surface area is 181 Å². The Kier molecular flexibility index (Phi) is 6.74. The average molecular weight is 461 g/mol. The van der Waals surface area contributed by atoms with Gasteiger partial charge in [-0.1, -0.05) is 18.5 Å². The van der Waals surface area contributed by atoms with E-state index < -0.39 is 23.7 Å². The van der Waals surface area contributed by atoms with Crippen molar-refractivity contribution in [3.63, 3.8) is 0 Å². The number of aliphatic carboxylic acids is 1. The summed E-state index contributed by atoms with van der Waals surface area (Å²) in [4.78, 5) is 11.5. The van der Waals surface area contributed by atoms with Crippen LogP contribution in [0.5, 0.6) is 23.0 Å². The van der Waals surface area contributed by atoms with Gasteiger partial charge in [-0.05, 0) is 36.8 Å². The second-order valence-corrected chi connectivity index (χ2v) is 7.30. The van der Waals surface area contributed by atoms with Gasteiger partial charge in [0, 0.05) is 24.5 Å². The third kappa shape index (κ3) is 5.66. The molecule has 0 fully saturated rings. The number of carboxylic acid groups (broad SMARTS) is 1. The molecule has 0 amide bonds. The number of rotatable bonds is 9. The topological polar surface area (TPSA) is 74.2 Å². The average Bonchev–Trinajstić information content (AvgIpc) is 3.07. The molecule has 1 aliphatic heterocycles. The molecule has 168 valence electrons. The van der Waals surface area contributed by atoms with Gasteiger partial charge in [0.15, 0.2) is 0 Å². The normalized spacial score (nSPS) is 17.6. The molecule has 2 aromatic rings. The van der Waals surface area contributed by atoms with Crippen molar-refractivity contribution < 1.29 is 42.0 Å². The fourth-order valence-electron chi connectivity index (χ4n) is 3.13. The molecular formula is C21H20ClF3O6. The summed E-state index contributed by atoms with van der Waals surface area (Å²) in [5.41, 5.74) is -0.472. The van der Waals surface area contributed by atoms with Gasteiger partial charge in [0.05, 0.1) is 18.2 Å². The van der Waals surface area contributed by atoms with Gasteiger partial charge in [-0.15, -0.1) is 13.2 Å². The smallest absolute Gasteiger partial charge is 0.493 e. The van der Waals surface area contributed by atoms with Gasteiger partial charge < -0.3 is 24.1 Å². The van der Waals surface area contributed by atoms with Crippen LogP contribution in [0, 0.1) is 0 Å². The number of hydrogen-bond acceptors (Lipinski definition) is 5. The molecule has 0 bridgehead atoms. The molecular weight excluding hydrogens is 441 g/mol. The second kappa shape index (κ2) is 9.13. The van der Waals surface area contributed by atoms with Gasteiger partial charge in [0.2, 0.25) is 5.60 Å². The molecule has 0 saturated carbocycles. The summed E-state index contributed by atoms with van der Waals surface area (Å²) in [7, 11) is 0. The van der Waals surface area contributed by atoms with Crippen molar-refractivity contribution in [1.29, 1.82) is 0 Å². The molecule has 1 N–H and O–H groups in total. The van der Waals surface area contributed by atoms with Crippen molar-refractivity contribution >= 4 is 17.6 Å². The summed E-state index contributed by atoms with van der Waals surface area (Å²) in [6, 6.07) is 8.58. The minimum absolute atomic E-state index is 0.000807. The summed E-state index contributed by atoms with van der Waals surface area (Å²) >= 11 is 5.92. The molecule has 1 heterocycles. The van der Waals surface area contributed by atoms with Crippen LogP contribution in [0.4, 0.5) is 13.2 Å². The molecule has 6 nitrogen and oxygen atoms in total. The number of carbonyl (C=O) groups is 1. The fourth-order valence-corrected chi connectivity index (χ4v) is 3.36. The van der Waals surface area contributed by atoms with Crippen LogP contribution >= 0.6 is 11.6 Å². The molecule has 0 saturated heterocycles. The Hall–Kier alpha value is -2.81. The standard InChI is InChI=1S/C21H20ClF3O6/c1-2-20(19(26)27)12-13-10-14(4-6-17(13)31-20)28-8-3-9-29-18-7-5-15(11-16(18)22)30-21(23,24)25/h4-7,10-11H,2-3,8-9,12H2,1H3,(H,26,27)/t20-/m0/s1. The summed E-state index contributed by atoms with van der Waals surface area (Å²) in [6.45, 7) is 2.30. The lowest BCUT2D eigenvalue weighted by Gasteiger charge is -2.21. The van der Waals surface area contributed by atoms with Gasteiger partial charge in [-0.25, -0.2) is 4.79 Å². The van der Waals surface area contributed by atoms with E-state index in [9.17, 15) is 23.1 Å². The third-order valence-corrected chi connectivity index (χ3v) is 5.02. The number of benzene rings is 2. The summed E-state index contributed by atoms with van der Waals surface area (Å²) < 4.78 is 57.2. The van der Waals surface area contributed by atoms with Crippen LogP contribution < -0.4 is 18.9 Å². The van der Waals surface area contributed by atoms with Gasteiger partial charge in [0.25, 0.3) is 0 Å². The zero-order chi connectivity index (χ0) is 22.6. The highest BCUT2D eigenvalue weighted by Crippen LogP contribution is 2.39. The predicted molar refractivity (Wildman–Crippen MR) is 105 cm³/mol. The fraction of sp³-hybridized carbons (Fsp3) is 0.381. The summed E-state index contributed by atoms with van der Waals surface area (Å²) in [5.74, 6) is -0.0828. The van der Waals surface area contributed by atoms with Crippen LogP contribution in [0.1, 0.15) is 25.3 Å². The highest BCUT2D eigenvalue weighted by molar-refractivity contribution is 6.32. The molecule has 31 heavy (non-hydrogen) atoms. The molecule has 3 rings (SSSR count). The number of carboxylic acids is 1. The molecule has 2 aromatic carbocycles. The van der Waals surface area contributed by atoms with Crippen LogP contribution in [0.2, 0.25) is 5.02 Å². The summed E-state index contributed by atoms with van der Waals surface area (Å²) in [6.07, 6.45) is -3.70. The molecule has 0 unspecified atom stereocenters. The minimum atomic E-state index is -4.79. The van der Waals surface area contributed by atoms with E-state index in [2.05, 4.69) is 4.74 Å². The lowest BCUT2D eigenvalue weighted by molar-refractivity contribution is -0.274. The van der Waals surface area contributed by atoms with Gasteiger partial charge in [0.1, 0.15) is 23.0 Å². The van der Waals surface area contributed by atoms with Crippen molar-refractivity contribution in [1.82, 2.24) is 0 Å². The van der Waals surface area contributed by atoms with Crippen LogP contribution in [0.25, 0.3) is 0 Å². The molecule has 1 aliphatic rings. The van der Waals surface area contributed by atoms with E-state index in [1.54, 1.807) is 25.1 Å². The Balaban J connectivity index is 1.46. The Morgan fingerprint density at radius 2 is 1.87 bits per heavy atom. The molecule has 0 aliphatic carbocycles. The number of hydrogen-bond donors (Lipinski definition) is 1. The number of alkyl halides is 3. The van der Waals surface area contributed by atoms with Gasteiger partial charge in [-0.3, -0.25) is 0 Å². The van der Waals surface area contributed by atoms with E-state index in [0.717, 1.165) is 17.7 Å². The first-order chi connectivity index (χ1) is 14.6. The maximum absolute atomic E-state index is 12.2. The first-order valence-corrected chi connectivity index (χ1v) is 9.86. The van der Waals surface area contributed by atoms with E-state index in [0.29, 0.717) is 30.9 Å². The van der Waals surface area contributed by atoms with Crippen LogP contribution in [-0.4, -0.2) is 36.3 Å². The SMILES string of the molecule is CC[C@@]1(C(=O)O)Cc2cc(OCCCOc3ccc(OC(F)(F)F)cc3Cl)ccc2O1. The first-order valence-electron chi connectivity index (χ1n) is 9.48. The van der Waals surface area contributed by atoms with Gasteiger partial charge >= 0.3 is 12.3 Å². The van der Waals surface area contributed by atoms with E-state index in [-0.39, 0.29) is 23.8 Å². The molecule has 1 atom stereocenters. The number of halogens is 4. The lowest BCUT2D eigenvalue weighted by atomic mass is 9.94. The molecule has 0 spiro atoms. The Morgan fingerprint density at radius 1 is 1.16 bits per heavy atom. The van der Waals surface area contributed by atoms with Crippen molar-refractivity contribution in [2.75, 3.05) is 13.2 Å². The van der Waals surface area contributed by atoms with Crippen LogP contribution in [0.3, 0.4) is 0 Å². The predicted octanol–water partition coefficient (Wildman–Crippen LogP) is 5.25. The highest BCUT2D eigenvalue weighted by atomic mass is 35.5. The largest absolute Gasteiger partial charge is 0.573 e. The molecule has 0 radical (unpaired) electrons. The Morgan fingerprint density at radius 3 is 2.52 bits per heavy atom. The van der Waals surface area contributed by atoms with E-state index in [1.807, 2.05) is 0 Å². The molecule has 0 aromatic heterocycles. The Bertz CT molecular complexity index is 949. The maximum atomic E-state index is 12.2. The quantitative estimate of drug-likeness (QED) is 0.515. The minimum Gasteiger partial charge on any atom is -0.493 e. The zero-order valence-corrected chi connectivity index (χ0v) is 17.3. The highest BCUT2D eigenvalue weighted by Gasteiger charge is 2.45. The van der Waals surface area contributed by atoms with Crippen molar-refractivity contribution in [2.45, 2.75) is 38.1 Å². The maximum Gasteiger partial charge on any atom is 0.573 e. The third-order valence-electron chi connectivity index (χ3n) is 4.73. The van der Waals surface area contributed by atoms with Crippen molar-refractivity contribution in [3.8, 4) is 23.0 Å². The summed E-state index contributed by atoms with van der Waals surface area (Å²) in [5, 5.41) is 9.45.